The van der Waals surface area contributed by atoms with Crippen molar-refractivity contribution in [1.29, 1.82) is 0 Å². The summed E-state index contributed by atoms with van der Waals surface area (Å²) in [6.07, 6.45) is 5.50. The summed E-state index contributed by atoms with van der Waals surface area (Å²) in [4.78, 5) is 9.11. The van der Waals surface area contributed by atoms with Crippen LogP contribution >= 0.6 is 0 Å². The molecule has 0 spiro atoms. The molecule has 0 saturated carbocycles. The first-order valence-corrected chi connectivity index (χ1v) is 11.3. The summed E-state index contributed by atoms with van der Waals surface area (Å²) in [7, 11) is -3.83. The van der Waals surface area contributed by atoms with Crippen LogP contribution in [0.3, 0.4) is 0 Å². The van der Waals surface area contributed by atoms with E-state index in [1.165, 1.54) is 0 Å². The molecule has 0 amide bonds. The van der Waals surface area contributed by atoms with Crippen LogP contribution in [-0.2, 0) is 10.0 Å². The molecular weight excluding hydrogens is 408 g/mol. The summed E-state index contributed by atoms with van der Waals surface area (Å²) in [5.41, 5.74) is 5.37. The number of anilines is 1. The Bertz CT molecular complexity index is 1550. The third kappa shape index (κ3) is 3.53. The third-order valence-electron chi connectivity index (χ3n) is 5.28. The number of benzene rings is 2. The molecular formula is C24H20N4O2S. The molecule has 6 nitrogen and oxygen atoms in total. The van der Waals surface area contributed by atoms with Gasteiger partial charge in [-0.05, 0) is 55.3 Å². The number of pyridine rings is 2. The molecule has 0 atom stereocenters. The second-order valence-electron chi connectivity index (χ2n) is 7.56. The van der Waals surface area contributed by atoms with Crippen molar-refractivity contribution >= 4 is 32.3 Å². The van der Waals surface area contributed by atoms with Crippen LogP contribution in [0.25, 0.3) is 27.8 Å². The monoisotopic (exact) mass is 428 g/mol. The van der Waals surface area contributed by atoms with Crippen LogP contribution in [0.2, 0.25) is 0 Å². The fourth-order valence-electron chi connectivity index (χ4n) is 3.61. The van der Waals surface area contributed by atoms with Gasteiger partial charge in [-0.15, -0.1) is 0 Å². The number of hydrogen-bond donors (Lipinski definition) is 1. The number of aryl methyl sites for hydroxylation is 2. The van der Waals surface area contributed by atoms with Crippen molar-refractivity contribution in [2.45, 2.75) is 18.7 Å². The largest absolute Gasteiger partial charge is 0.306 e. The Kier molecular flexibility index (Phi) is 4.48. The molecule has 3 aromatic heterocycles. The standard InChI is InChI=1S/C24H20N4O2S/c1-16-10-12-28-15-21(26-23(28)13-16)19-9-8-17(2)20(14-19)27-31(29,30)22-7-3-5-18-6-4-11-25-24(18)22/h3-15,27H,1-2H3. The van der Waals surface area contributed by atoms with Gasteiger partial charge in [-0.2, -0.15) is 0 Å². The molecule has 5 rings (SSSR count). The molecule has 7 heteroatoms. The van der Waals surface area contributed by atoms with Gasteiger partial charge in [0.2, 0.25) is 0 Å². The molecule has 0 aliphatic carbocycles. The number of hydrogen-bond acceptors (Lipinski definition) is 4. The second kappa shape index (κ2) is 7.21. The quantitative estimate of drug-likeness (QED) is 0.439. The van der Waals surface area contributed by atoms with E-state index in [4.69, 9.17) is 0 Å². The Morgan fingerprint density at radius 2 is 1.81 bits per heavy atom. The lowest BCUT2D eigenvalue weighted by atomic mass is 10.1. The summed E-state index contributed by atoms with van der Waals surface area (Å²) in [5.74, 6) is 0. The van der Waals surface area contributed by atoms with Gasteiger partial charge in [-0.3, -0.25) is 9.71 Å². The minimum Gasteiger partial charge on any atom is -0.306 e. The van der Waals surface area contributed by atoms with Crippen LogP contribution in [0.5, 0.6) is 0 Å². The summed E-state index contributed by atoms with van der Waals surface area (Å²) >= 11 is 0. The van der Waals surface area contributed by atoms with E-state index < -0.39 is 10.0 Å². The molecule has 0 aliphatic heterocycles. The predicted molar refractivity (Wildman–Crippen MR) is 123 cm³/mol. The van der Waals surface area contributed by atoms with E-state index in [1.807, 2.05) is 73.1 Å². The van der Waals surface area contributed by atoms with Crippen LogP contribution in [0.15, 0.2) is 84.1 Å². The van der Waals surface area contributed by atoms with Crippen LogP contribution in [0, 0.1) is 13.8 Å². The van der Waals surface area contributed by atoms with E-state index in [1.54, 1.807) is 24.4 Å². The summed E-state index contributed by atoms with van der Waals surface area (Å²) in [6.45, 7) is 3.89. The zero-order chi connectivity index (χ0) is 21.6. The van der Waals surface area contributed by atoms with Crippen LogP contribution < -0.4 is 4.72 Å². The van der Waals surface area contributed by atoms with Gasteiger partial charge in [-0.1, -0.05) is 30.3 Å². The number of sulfonamides is 1. The average Bonchev–Trinajstić information content (AvgIpc) is 3.18. The molecule has 0 radical (unpaired) electrons. The molecule has 1 N–H and O–H groups in total. The summed E-state index contributed by atoms with van der Waals surface area (Å²) in [5, 5.41) is 0.774. The topological polar surface area (TPSA) is 76.4 Å². The van der Waals surface area contributed by atoms with Crippen molar-refractivity contribution < 1.29 is 8.42 Å². The Balaban J connectivity index is 1.56. The van der Waals surface area contributed by atoms with Gasteiger partial charge in [0.15, 0.2) is 0 Å². The van der Waals surface area contributed by atoms with Crippen molar-refractivity contribution in [3.8, 4) is 11.3 Å². The Morgan fingerprint density at radius 3 is 2.68 bits per heavy atom. The van der Waals surface area contributed by atoms with Crippen LogP contribution in [-0.4, -0.2) is 22.8 Å². The zero-order valence-corrected chi connectivity index (χ0v) is 17.9. The first-order chi connectivity index (χ1) is 14.9. The first-order valence-electron chi connectivity index (χ1n) is 9.84. The van der Waals surface area contributed by atoms with Gasteiger partial charge >= 0.3 is 0 Å². The van der Waals surface area contributed by atoms with Gasteiger partial charge < -0.3 is 4.40 Å². The maximum atomic E-state index is 13.2. The molecule has 0 unspecified atom stereocenters. The molecule has 154 valence electrons. The number of nitrogens with one attached hydrogen (secondary N) is 1. The SMILES string of the molecule is Cc1ccn2cc(-c3ccc(C)c(NS(=O)(=O)c4cccc5cccnc45)c3)nc2c1. The zero-order valence-electron chi connectivity index (χ0n) is 17.1. The van der Waals surface area contributed by atoms with Crippen molar-refractivity contribution in [2.24, 2.45) is 0 Å². The van der Waals surface area contributed by atoms with Crippen LogP contribution in [0.1, 0.15) is 11.1 Å². The van der Waals surface area contributed by atoms with Crippen molar-refractivity contribution in [3.05, 3.63) is 90.4 Å². The molecule has 0 aliphatic rings. The van der Waals surface area contributed by atoms with E-state index in [-0.39, 0.29) is 4.90 Å². The lowest BCUT2D eigenvalue weighted by Gasteiger charge is -2.13. The molecule has 2 aromatic carbocycles. The lowest BCUT2D eigenvalue weighted by molar-refractivity contribution is 0.602. The molecule has 31 heavy (non-hydrogen) atoms. The Hall–Kier alpha value is -3.71. The van der Waals surface area contributed by atoms with E-state index in [0.717, 1.165) is 33.4 Å². The number of nitrogens with zero attached hydrogens (tertiary/aromatic N) is 3. The molecule has 5 aromatic rings. The summed E-state index contributed by atoms with van der Waals surface area (Å²) in [6, 6.07) is 18.5. The number of fused-ring (bicyclic) bond motifs is 2. The number of para-hydroxylation sites is 1. The minimum atomic E-state index is -3.83. The van der Waals surface area contributed by atoms with Crippen molar-refractivity contribution in [2.75, 3.05) is 4.72 Å². The maximum absolute atomic E-state index is 13.2. The lowest BCUT2D eigenvalue weighted by Crippen LogP contribution is -2.14. The van der Waals surface area contributed by atoms with Gasteiger partial charge in [0.05, 0.1) is 16.9 Å². The van der Waals surface area contributed by atoms with E-state index in [2.05, 4.69) is 14.7 Å². The predicted octanol–water partition coefficient (Wildman–Crippen LogP) is 4.97. The van der Waals surface area contributed by atoms with Crippen molar-refractivity contribution in [1.82, 2.24) is 14.4 Å². The van der Waals surface area contributed by atoms with Crippen molar-refractivity contribution in [3.63, 3.8) is 0 Å². The highest BCUT2D eigenvalue weighted by Gasteiger charge is 2.19. The molecule has 0 saturated heterocycles. The van der Waals surface area contributed by atoms with Gasteiger partial charge in [0, 0.05) is 29.5 Å². The van der Waals surface area contributed by atoms with E-state index in [9.17, 15) is 8.42 Å². The third-order valence-corrected chi connectivity index (χ3v) is 6.68. The molecule has 0 fully saturated rings. The number of imidazole rings is 1. The number of rotatable bonds is 4. The highest BCUT2D eigenvalue weighted by Crippen LogP contribution is 2.29. The minimum absolute atomic E-state index is 0.151. The highest BCUT2D eigenvalue weighted by molar-refractivity contribution is 7.93. The Labute approximate surface area is 180 Å². The fraction of sp³-hybridized carbons (Fsp3) is 0.0833. The van der Waals surface area contributed by atoms with E-state index in [0.29, 0.717) is 11.2 Å². The first kappa shape index (κ1) is 19.3. The highest BCUT2D eigenvalue weighted by atomic mass is 32.2. The Morgan fingerprint density at radius 1 is 0.968 bits per heavy atom. The normalized spacial score (nSPS) is 11.8. The smallest absolute Gasteiger partial charge is 0.264 e. The average molecular weight is 429 g/mol. The summed E-state index contributed by atoms with van der Waals surface area (Å²) < 4.78 is 31.1. The molecule has 0 bridgehead atoms. The number of aromatic nitrogens is 3. The van der Waals surface area contributed by atoms with Crippen LogP contribution in [0.4, 0.5) is 5.69 Å². The van der Waals surface area contributed by atoms with Gasteiger partial charge in [0.25, 0.3) is 10.0 Å². The van der Waals surface area contributed by atoms with E-state index >= 15 is 0 Å². The van der Waals surface area contributed by atoms with Gasteiger partial charge in [0.1, 0.15) is 10.5 Å². The second-order valence-corrected chi connectivity index (χ2v) is 9.21. The fourth-order valence-corrected chi connectivity index (χ4v) is 4.91. The molecule has 3 heterocycles. The van der Waals surface area contributed by atoms with Gasteiger partial charge in [-0.25, -0.2) is 13.4 Å². The maximum Gasteiger partial charge on any atom is 0.264 e.